The molecule has 0 aromatic heterocycles. The van der Waals surface area contributed by atoms with E-state index < -0.39 is 11.4 Å². The molecule has 0 heterocycles. The number of aryl methyl sites for hydroxylation is 1. The molecule has 0 aliphatic heterocycles. The minimum absolute atomic E-state index is 0.128. The summed E-state index contributed by atoms with van der Waals surface area (Å²) in [6.45, 7) is 1.75. The third-order valence-corrected chi connectivity index (χ3v) is 3.42. The third-order valence-electron chi connectivity index (χ3n) is 2.96. The first kappa shape index (κ1) is 9.94. The molecule has 1 fully saturated rings. The summed E-state index contributed by atoms with van der Waals surface area (Å²) in [4.78, 5) is 0. The summed E-state index contributed by atoms with van der Waals surface area (Å²) in [5.74, 6) is -0.464. The van der Waals surface area contributed by atoms with Gasteiger partial charge in [0.25, 0.3) is 0 Å². The van der Waals surface area contributed by atoms with Crippen molar-refractivity contribution in [2.24, 2.45) is 0 Å². The van der Waals surface area contributed by atoms with Crippen LogP contribution in [0.15, 0.2) is 12.1 Å². The molecule has 1 aliphatic rings. The first-order chi connectivity index (χ1) is 6.54. The quantitative estimate of drug-likeness (QED) is 0.762. The molecule has 1 N–H and O–H groups in total. The molecule has 1 aromatic carbocycles. The molecule has 76 valence electrons. The average molecular weight is 215 g/mol. The topological polar surface area (TPSA) is 20.2 Å². The smallest absolute Gasteiger partial charge is 0.148 e. The lowest BCUT2D eigenvalue weighted by Crippen LogP contribution is -2.34. The van der Waals surface area contributed by atoms with Gasteiger partial charge in [0.15, 0.2) is 0 Å². The first-order valence-corrected chi connectivity index (χ1v) is 5.10. The molecular formula is C11H12ClFO. The van der Waals surface area contributed by atoms with Crippen molar-refractivity contribution in [2.75, 3.05) is 0 Å². The van der Waals surface area contributed by atoms with Crippen LogP contribution >= 0.6 is 11.6 Å². The van der Waals surface area contributed by atoms with Gasteiger partial charge in [0.2, 0.25) is 0 Å². The van der Waals surface area contributed by atoms with E-state index in [0.29, 0.717) is 24.0 Å². The van der Waals surface area contributed by atoms with Gasteiger partial charge in [-0.15, -0.1) is 0 Å². The van der Waals surface area contributed by atoms with Gasteiger partial charge in [0.05, 0.1) is 10.6 Å². The summed E-state index contributed by atoms with van der Waals surface area (Å²) in [6.07, 6.45) is 2.20. The second-order valence-electron chi connectivity index (χ2n) is 3.94. The highest BCUT2D eigenvalue weighted by molar-refractivity contribution is 6.31. The number of hydrogen-bond donors (Lipinski definition) is 1. The Balaban J connectivity index is 2.49. The zero-order valence-electron chi connectivity index (χ0n) is 7.98. The Labute approximate surface area is 87.5 Å². The molecule has 2 rings (SSSR count). The second kappa shape index (κ2) is 3.21. The Hall–Kier alpha value is -0.600. The minimum atomic E-state index is -0.971. The first-order valence-electron chi connectivity index (χ1n) is 4.72. The maximum atomic E-state index is 13.7. The predicted molar refractivity (Wildman–Crippen MR) is 53.9 cm³/mol. The summed E-state index contributed by atoms with van der Waals surface area (Å²) >= 11 is 5.78. The van der Waals surface area contributed by atoms with Gasteiger partial charge in [-0.1, -0.05) is 23.7 Å². The van der Waals surface area contributed by atoms with Crippen molar-refractivity contribution in [3.8, 4) is 0 Å². The van der Waals surface area contributed by atoms with Crippen LogP contribution in [0.2, 0.25) is 5.02 Å². The van der Waals surface area contributed by atoms with Crippen molar-refractivity contribution in [1.29, 1.82) is 0 Å². The molecule has 1 nitrogen and oxygen atoms in total. The van der Waals surface area contributed by atoms with Gasteiger partial charge in [-0.25, -0.2) is 4.39 Å². The van der Waals surface area contributed by atoms with Crippen molar-refractivity contribution in [1.82, 2.24) is 0 Å². The Morgan fingerprint density at radius 3 is 2.57 bits per heavy atom. The predicted octanol–water partition coefficient (Wildman–Crippen LogP) is 3.16. The van der Waals surface area contributed by atoms with E-state index >= 15 is 0 Å². The molecule has 1 aromatic rings. The molecule has 0 unspecified atom stereocenters. The number of halogens is 2. The van der Waals surface area contributed by atoms with Crippen LogP contribution in [0.5, 0.6) is 0 Å². The van der Waals surface area contributed by atoms with Crippen LogP contribution in [0.1, 0.15) is 30.4 Å². The molecule has 0 saturated heterocycles. The van der Waals surface area contributed by atoms with Crippen molar-refractivity contribution in [3.63, 3.8) is 0 Å². The van der Waals surface area contributed by atoms with Crippen LogP contribution in [0.3, 0.4) is 0 Å². The van der Waals surface area contributed by atoms with Crippen molar-refractivity contribution < 1.29 is 9.50 Å². The third kappa shape index (κ3) is 1.33. The number of rotatable bonds is 1. The molecule has 0 radical (unpaired) electrons. The van der Waals surface area contributed by atoms with Crippen LogP contribution in [0, 0.1) is 12.7 Å². The molecule has 0 amide bonds. The molecule has 3 heteroatoms. The highest BCUT2D eigenvalue weighted by atomic mass is 35.5. The van der Waals surface area contributed by atoms with Crippen LogP contribution in [0.4, 0.5) is 4.39 Å². The van der Waals surface area contributed by atoms with Gasteiger partial charge in [-0.3, -0.25) is 0 Å². The van der Waals surface area contributed by atoms with E-state index in [1.807, 2.05) is 0 Å². The van der Waals surface area contributed by atoms with Gasteiger partial charge in [0, 0.05) is 5.56 Å². The van der Waals surface area contributed by atoms with Gasteiger partial charge < -0.3 is 5.11 Å². The SMILES string of the molecule is Cc1ccc(C2(O)CCC2)c(F)c1Cl. The lowest BCUT2D eigenvalue weighted by Gasteiger charge is -2.37. The van der Waals surface area contributed by atoms with Crippen LogP contribution < -0.4 is 0 Å². The highest BCUT2D eigenvalue weighted by Crippen LogP contribution is 2.43. The van der Waals surface area contributed by atoms with E-state index in [9.17, 15) is 9.50 Å². The molecule has 14 heavy (non-hydrogen) atoms. The number of benzene rings is 1. The van der Waals surface area contributed by atoms with Gasteiger partial charge in [0.1, 0.15) is 5.82 Å². The van der Waals surface area contributed by atoms with E-state index in [1.165, 1.54) is 0 Å². The summed E-state index contributed by atoms with van der Waals surface area (Å²) in [6, 6.07) is 3.38. The van der Waals surface area contributed by atoms with E-state index in [-0.39, 0.29) is 5.02 Å². The second-order valence-corrected chi connectivity index (χ2v) is 4.32. The average Bonchev–Trinajstić information content (AvgIpc) is 2.11. The molecule has 0 spiro atoms. The summed E-state index contributed by atoms with van der Waals surface area (Å²) in [7, 11) is 0. The largest absolute Gasteiger partial charge is 0.385 e. The van der Waals surface area contributed by atoms with Gasteiger partial charge in [-0.2, -0.15) is 0 Å². The fourth-order valence-electron chi connectivity index (χ4n) is 1.79. The number of aliphatic hydroxyl groups is 1. The van der Waals surface area contributed by atoms with Crippen LogP contribution in [0.25, 0.3) is 0 Å². The highest BCUT2D eigenvalue weighted by Gasteiger charge is 2.38. The summed E-state index contributed by atoms with van der Waals surface area (Å²) < 4.78 is 13.7. The molecule has 1 aliphatic carbocycles. The maximum absolute atomic E-state index is 13.7. The van der Waals surface area contributed by atoms with Crippen molar-refractivity contribution in [2.45, 2.75) is 31.8 Å². The van der Waals surface area contributed by atoms with E-state index in [0.717, 1.165) is 6.42 Å². The summed E-state index contributed by atoms with van der Waals surface area (Å²) in [5, 5.41) is 10.1. The fraction of sp³-hybridized carbons (Fsp3) is 0.455. The minimum Gasteiger partial charge on any atom is -0.385 e. The standard InChI is InChI=1S/C11H12ClFO/c1-7-3-4-8(10(13)9(7)12)11(14)5-2-6-11/h3-4,14H,2,5-6H2,1H3. The fourth-order valence-corrected chi connectivity index (χ4v) is 1.95. The van der Waals surface area contributed by atoms with Crippen LogP contribution in [-0.2, 0) is 5.60 Å². The molecule has 0 atom stereocenters. The summed E-state index contributed by atoms with van der Waals surface area (Å²) in [5.41, 5.74) is 0.0803. The Kier molecular flexibility index (Phi) is 2.28. The molecule has 0 bridgehead atoms. The zero-order valence-corrected chi connectivity index (χ0v) is 8.74. The van der Waals surface area contributed by atoms with Gasteiger partial charge >= 0.3 is 0 Å². The molecular weight excluding hydrogens is 203 g/mol. The van der Waals surface area contributed by atoms with E-state index in [2.05, 4.69) is 0 Å². The van der Waals surface area contributed by atoms with Crippen LogP contribution in [-0.4, -0.2) is 5.11 Å². The monoisotopic (exact) mass is 214 g/mol. The lowest BCUT2D eigenvalue weighted by molar-refractivity contribution is -0.0416. The van der Waals surface area contributed by atoms with E-state index in [1.54, 1.807) is 19.1 Å². The normalized spacial score (nSPS) is 19.1. The lowest BCUT2D eigenvalue weighted by atomic mass is 9.75. The Morgan fingerprint density at radius 2 is 2.07 bits per heavy atom. The van der Waals surface area contributed by atoms with E-state index in [4.69, 9.17) is 11.6 Å². The number of hydrogen-bond acceptors (Lipinski definition) is 1. The van der Waals surface area contributed by atoms with Crippen molar-refractivity contribution in [3.05, 3.63) is 34.1 Å². The Morgan fingerprint density at radius 1 is 1.43 bits per heavy atom. The van der Waals surface area contributed by atoms with Crippen molar-refractivity contribution >= 4 is 11.6 Å². The Bertz CT molecular complexity index is 372. The zero-order chi connectivity index (χ0) is 10.3. The molecule has 1 saturated carbocycles. The maximum Gasteiger partial charge on any atom is 0.148 e. The van der Waals surface area contributed by atoms with Gasteiger partial charge in [-0.05, 0) is 31.7 Å².